The van der Waals surface area contributed by atoms with Crippen LogP contribution in [0.15, 0.2) is 54.6 Å². The predicted molar refractivity (Wildman–Crippen MR) is 97.5 cm³/mol. The van der Waals surface area contributed by atoms with Gasteiger partial charge in [0.1, 0.15) is 5.69 Å². The van der Waals surface area contributed by atoms with E-state index in [0.29, 0.717) is 17.8 Å². The standard InChI is InChI=1S/C19H20N2O4/c1-14(2)20(13-16-6-4-3-5-7-16)17-10-8-15(9-11-19(22)23)12-18(17)21(24)25/h3-12,14H,13H2,1-2H3,(H,22,23)/b11-9+. The molecule has 0 aliphatic rings. The number of benzene rings is 2. The van der Waals surface area contributed by atoms with E-state index in [1.54, 1.807) is 12.1 Å². The molecule has 0 unspecified atom stereocenters. The number of hydrogen-bond donors (Lipinski definition) is 1. The summed E-state index contributed by atoms with van der Waals surface area (Å²) in [5, 5.41) is 20.2. The van der Waals surface area contributed by atoms with E-state index in [2.05, 4.69) is 0 Å². The summed E-state index contributed by atoms with van der Waals surface area (Å²) in [5.74, 6) is -1.10. The van der Waals surface area contributed by atoms with E-state index in [4.69, 9.17) is 5.11 Å². The number of carboxylic acids is 1. The quantitative estimate of drug-likeness (QED) is 0.466. The van der Waals surface area contributed by atoms with E-state index in [1.807, 2.05) is 49.1 Å². The number of carbonyl (C=O) groups is 1. The zero-order valence-corrected chi connectivity index (χ0v) is 14.1. The van der Waals surface area contributed by atoms with Crippen molar-refractivity contribution in [2.45, 2.75) is 26.4 Å². The van der Waals surface area contributed by atoms with E-state index in [0.717, 1.165) is 11.6 Å². The van der Waals surface area contributed by atoms with E-state index in [1.165, 1.54) is 12.1 Å². The second-order valence-electron chi connectivity index (χ2n) is 5.88. The van der Waals surface area contributed by atoms with Gasteiger partial charge in [0.2, 0.25) is 0 Å². The lowest BCUT2D eigenvalue weighted by atomic mass is 10.1. The molecule has 0 aliphatic carbocycles. The van der Waals surface area contributed by atoms with Crippen molar-refractivity contribution >= 4 is 23.4 Å². The fraction of sp³-hybridized carbons (Fsp3) is 0.211. The first-order valence-corrected chi connectivity index (χ1v) is 7.88. The van der Waals surface area contributed by atoms with Crippen molar-refractivity contribution < 1.29 is 14.8 Å². The zero-order chi connectivity index (χ0) is 18.4. The Morgan fingerprint density at radius 3 is 2.48 bits per heavy atom. The van der Waals surface area contributed by atoms with Gasteiger partial charge in [0.15, 0.2) is 0 Å². The smallest absolute Gasteiger partial charge is 0.328 e. The van der Waals surface area contributed by atoms with Crippen molar-refractivity contribution in [1.82, 2.24) is 0 Å². The lowest BCUT2D eigenvalue weighted by Gasteiger charge is -2.29. The fourth-order valence-corrected chi connectivity index (χ4v) is 2.53. The van der Waals surface area contributed by atoms with Gasteiger partial charge < -0.3 is 10.0 Å². The Labute approximate surface area is 146 Å². The highest BCUT2D eigenvalue weighted by Crippen LogP contribution is 2.32. The minimum absolute atomic E-state index is 0.0443. The maximum atomic E-state index is 11.5. The van der Waals surface area contributed by atoms with Crippen molar-refractivity contribution in [2.24, 2.45) is 0 Å². The van der Waals surface area contributed by atoms with E-state index in [9.17, 15) is 14.9 Å². The van der Waals surface area contributed by atoms with Crippen molar-refractivity contribution in [3.63, 3.8) is 0 Å². The average molecular weight is 340 g/mol. The van der Waals surface area contributed by atoms with Gasteiger partial charge in [-0.15, -0.1) is 0 Å². The van der Waals surface area contributed by atoms with Crippen LogP contribution in [0.25, 0.3) is 6.08 Å². The molecule has 0 saturated heterocycles. The number of nitro groups is 1. The average Bonchev–Trinajstić information content (AvgIpc) is 2.58. The van der Waals surface area contributed by atoms with Gasteiger partial charge in [-0.25, -0.2) is 4.79 Å². The van der Waals surface area contributed by atoms with Crippen LogP contribution in [0.2, 0.25) is 0 Å². The molecule has 25 heavy (non-hydrogen) atoms. The fourth-order valence-electron chi connectivity index (χ4n) is 2.53. The molecule has 0 saturated carbocycles. The van der Waals surface area contributed by atoms with Gasteiger partial charge in [0.05, 0.1) is 4.92 Å². The molecule has 2 aromatic rings. The molecule has 6 heteroatoms. The highest BCUT2D eigenvalue weighted by Gasteiger charge is 2.22. The minimum Gasteiger partial charge on any atom is -0.478 e. The normalized spacial score (nSPS) is 11.0. The summed E-state index contributed by atoms with van der Waals surface area (Å²) in [4.78, 5) is 23.7. The van der Waals surface area contributed by atoms with Gasteiger partial charge in [-0.05, 0) is 37.1 Å². The topological polar surface area (TPSA) is 83.7 Å². The van der Waals surface area contributed by atoms with Crippen LogP contribution in [0.1, 0.15) is 25.0 Å². The Bertz CT molecular complexity index is 785. The Kier molecular flexibility index (Phi) is 5.89. The Morgan fingerprint density at radius 1 is 1.24 bits per heavy atom. The summed E-state index contributed by atoms with van der Waals surface area (Å²) in [7, 11) is 0. The van der Waals surface area contributed by atoms with E-state index >= 15 is 0 Å². The molecule has 0 aromatic heterocycles. The maximum absolute atomic E-state index is 11.5. The summed E-state index contributed by atoms with van der Waals surface area (Å²) in [6.45, 7) is 4.50. The molecule has 0 radical (unpaired) electrons. The van der Waals surface area contributed by atoms with Crippen LogP contribution >= 0.6 is 0 Å². The molecule has 0 aliphatic heterocycles. The van der Waals surface area contributed by atoms with Gasteiger partial charge >= 0.3 is 5.97 Å². The van der Waals surface area contributed by atoms with Gasteiger partial charge in [0.25, 0.3) is 5.69 Å². The molecule has 0 heterocycles. The Morgan fingerprint density at radius 2 is 1.92 bits per heavy atom. The first-order chi connectivity index (χ1) is 11.9. The van der Waals surface area contributed by atoms with Gasteiger partial charge in [-0.3, -0.25) is 10.1 Å². The molecule has 0 fully saturated rings. The Balaban J connectivity index is 2.42. The van der Waals surface area contributed by atoms with Crippen LogP contribution in [0.4, 0.5) is 11.4 Å². The molecule has 2 aromatic carbocycles. The van der Waals surface area contributed by atoms with Crippen LogP contribution in [-0.2, 0) is 11.3 Å². The third-order valence-electron chi connectivity index (χ3n) is 3.74. The number of carboxylic acid groups (broad SMARTS) is 1. The van der Waals surface area contributed by atoms with E-state index < -0.39 is 10.9 Å². The summed E-state index contributed by atoms with van der Waals surface area (Å²) in [6, 6.07) is 14.6. The summed E-state index contributed by atoms with van der Waals surface area (Å²) >= 11 is 0. The summed E-state index contributed by atoms with van der Waals surface area (Å²) in [6.07, 6.45) is 2.30. The van der Waals surface area contributed by atoms with E-state index in [-0.39, 0.29) is 11.7 Å². The van der Waals surface area contributed by atoms with Crippen molar-refractivity contribution in [3.8, 4) is 0 Å². The van der Waals surface area contributed by atoms with Crippen LogP contribution < -0.4 is 4.90 Å². The lowest BCUT2D eigenvalue weighted by Crippen LogP contribution is -2.30. The van der Waals surface area contributed by atoms with Gasteiger partial charge in [-0.1, -0.05) is 36.4 Å². The van der Waals surface area contributed by atoms with Gasteiger partial charge in [-0.2, -0.15) is 0 Å². The molecule has 1 N–H and O–H groups in total. The number of hydrogen-bond acceptors (Lipinski definition) is 4. The summed E-state index contributed by atoms with van der Waals surface area (Å²) in [5.41, 5.74) is 2.00. The van der Waals surface area contributed by atoms with Crippen LogP contribution in [0, 0.1) is 10.1 Å². The molecule has 0 atom stereocenters. The number of rotatable bonds is 7. The molecule has 130 valence electrons. The second-order valence-corrected chi connectivity index (χ2v) is 5.88. The predicted octanol–water partition coefficient (Wildman–Crippen LogP) is 4.11. The van der Waals surface area contributed by atoms with Crippen molar-refractivity contribution in [3.05, 3.63) is 75.8 Å². The third-order valence-corrected chi connectivity index (χ3v) is 3.74. The first kappa shape index (κ1) is 18.2. The first-order valence-electron chi connectivity index (χ1n) is 7.88. The lowest BCUT2D eigenvalue weighted by molar-refractivity contribution is -0.384. The minimum atomic E-state index is -1.10. The molecule has 0 amide bonds. The monoisotopic (exact) mass is 340 g/mol. The third kappa shape index (κ3) is 4.91. The maximum Gasteiger partial charge on any atom is 0.328 e. The van der Waals surface area contributed by atoms with Crippen molar-refractivity contribution in [2.75, 3.05) is 4.90 Å². The number of aliphatic carboxylic acids is 1. The Hall–Kier alpha value is -3.15. The highest BCUT2D eigenvalue weighted by atomic mass is 16.6. The molecule has 0 spiro atoms. The highest BCUT2D eigenvalue weighted by molar-refractivity contribution is 5.85. The molecular formula is C19H20N2O4. The van der Waals surface area contributed by atoms with Crippen molar-refractivity contribution in [1.29, 1.82) is 0 Å². The SMILES string of the molecule is CC(C)N(Cc1ccccc1)c1ccc(/C=C/C(=O)O)cc1[N+](=O)[O-]. The number of nitrogens with zero attached hydrogens (tertiary/aromatic N) is 2. The largest absolute Gasteiger partial charge is 0.478 e. The van der Waals surface area contributed by atoms with Crippen LogP contribution in [0.5, 0.6) is 0 Å². The van der Waals surface area contributed by atoms with Gasteiger partial charge in [0, 0.05) is 24.7 Å². The number of anilines is 1. The second kappa shape index (κ2) is 8.10. The zero-order valence-electron chi connectivity index (χ0n) is 14.1. The molecule has 6 nitrogen and oxygen atoms in total. The van der Waals surface area contributed by atoms with Crippen LogP contribution in [0.3, 0.4) is 0 Å². The van der Waals surface area contributed by atoms with Crippen LogP contribution in [-0.4, -0.2) is 22.0 Å². The molecule has 2 rings (SSSR count). The molecular weight excluding hydrogens is 320 g/mol. The number of nitro benzene ring substituents is 1. The summed E-state index contributed by atoms with van der Waals surface area (Å²) < 4.78 is 0. The molecule has 0 bridgehead atoms.